The number of rotatable bonds is 3. The number of thioether (sulfide) groups is 1. The molecule has 0 heterocycles. The van der Waals surface area contributed by atoms with Crippen molar-refractivity contribution < 1.29 is 4.79 Å². The maximum atomic E-state index is 11.6. The van der Waals surface area contributed by atoms with Gasteiger partial charge in [0.1, 0.15) is 0 Å². The highest BCUT2D eigenvalue weighted by Gasteiger charge is 2.15. The van der Waals surface area contributed by atoms with Crippen molar-refractivity contribution in [2.24, 2.45) is 0 Å². The summed E-state index contributed by atoms with van der Waals surface area (Å²) in [6.07, 6.45) is 1.97. The van der Waals surface area contributed by atoms with Crippen LogP contribution in [0.3, 0.4) is 0 Å². The third kappa shape index (κ3) is 2.75. The van der Waals surface area contributed by atoms with E-state index in [-0.39, 0.29) is 10.6 Å². The van der Waals surface area contributed by atoms with Crippen molar-refractivity contribution in [3.05, 3.63) is 28.8 Å². The zero-order valence-corrected chi connectivity index (χ0v) is 11.0. The molecule has 0 saturated carbocycles. The van der Waals surface area contributed by atoms with Gasteiger partial charge in [-0.3, -0.25) is 4.79 Å². The van der Waals surface area contributed by atoms with Crippen LogP contribution in [0, 0.1) is 0 Å². The molecule has 76 valence electrons. The zero-order chi connectivity index (χ0) is 10.7. The first-order chi connectivity index (χ1) is 6.56. The molecule has 0 aliphatic rings. The van der Waals surface area contributed by atoms with E-state index in [9.17, 15) is 4.79 Å². The first kappa shape index (κ1) is 12.1. The molecule has 0 bridgehead atoms. The molecule has 1 aromatic carbocycles. The number of hydrogen-bond donors (Lipinski definition) is 0. The summed E-state index contributed by atoms with van der Waals surface area (Å²) < 4.78 is 0. The van der Waals surface area contributed by atoms with E-state index in [1.807, 2.05) is 18.4 Å². The number of benzene rings is 1. The van der Waals surface area contributed by atoms with E-state index in [2.05, 4.69) is 15.9 Å². The van der Waals surface area contributed by atoms with Crippen molar-refractivity contribution in [3.63, 3.8) is 0 Å². The number of alkyl halides is 1. The summed E-state index contributed by atoms with van der Waals surface area (Å²) in [6.45, 7) is 1.79. The van der Waals surface area contributed by atoms with Crippen molar-refractivity contribution in [3.8, 4) is 0 Å². The molecule has 0 aliphatic heterocycles. The Morgan fingerprint density at radius 1 is 1.57 bits per heavy atom. The van der Waals surface area contributed by atoms with Crippen molar-refractivity contribution in [1.29, 1.82) is 0 Å². The fourth-order valence-electron chi connectivity index (χ4n) is 1.04. The summed E-state index contributed by atoms with van der Waals surface area (Å²) >= 11 is 10.8. The lowest BCUT2D eigenvalue weighted by Crippen LogP contribution is -2.10. The second kappa shape index (κ2) is 5.19. The van der Waals surface area contributed by atoms with Crippen molar-refractivity contribution in [1.82, 2.24) is 0 Å². The Morgan fingerprint density at radius 2 is 2.21 bits per heavy atom. The molecule has 4 heteroatoms. The lowest BCUT2D eigenvalue weighted by molar-refractivity contribution is 0.0996. The van der Waals surface area contributed by atoms with Gasteiger partial charge in [-0.15, -0.1) is 11.8 Å². The Labute approximate surface area is 101 Å². The van der Waals surface area contributed by atoms with Crippen LogP contribution in [0.25, 0.3) is 0 Å². The van der Waals surface area contributed by atoms with Gasteiger partial charge in [-0.2, -0.15) is 0 Å². The highest BCUT2D eigenvalue weighted by atomic mass is 79.9. The van der Waals surface area contributed by atoms with Crippen LogP contribution in [0.1, 0.15) is 17.3 Å². The Balaban J connectivity index is 3.06. The molecule has 0 spiro atoms. The average Bonchev–Trinajstić information content (AvgIpc) is 2.16. The molecule has 0 aromatic heterocycles. The minimum Gasteiger partial charge on any atom is -0.293 e. The quantitative estimate of drug-likeness (QED) is 0.475. The number of Topliss-reactive ketones (excluding diaryl/α,β-unsaturated/α-hetero) is 1. The Kier molecular flexibility index (Phi) is 4.48. The van der Waals surface area contributed by atoms with E-state index in [0.717, 1.165) is 4.90 Å². The van der Waals surface area contributed by atoms with E-state index in [0.29, 0.717) is 10.6 Å². The van der Waals surface area contributed by atoms with Gasteiger partial charge in [0.05, 0.1) is 9.85 Å². The largest absolute Gasteiger partial charge is 0.293 e. The Bertz CT molecular complexity index is 352. The minimum absolute atomic E-state index is 0.0163. The molecule has 1 aromatic rings. The maximum absolute atomic E-state index is 11.6. The fourth-order valence-corrected chi connectivity index (χ4v) is 2.06. The van der Waals surface area contributed by atoms with Crippen LogP contribution in [0.4, 0.5) is 0 Å². The van der Waals surface area contributed by atoms with Crippen molar-refractivity contribution in [2.45, 2.75) is 16.6 Å². The molecule has 0 N–H and O–H groups in total. The van der Waals surface area contributed by atoms with Gasteiger partial charge < -0.3 is 0 Å². The number of carbonyl (C=O) groups is 1. The average molecular weight is 294 g/mol. The molecule has 0 amide bonds. The van der Waals surface area contributed by atoms with E-state index in [1.165, 1.54) is 0 Å². The molecule has 14 heavy (non-hydrogen) atoms. The first-order valence-corrected chi connectivity index (χ1v) is 6.60. The second-order valence-corrected chi connectivity index (χ2v) is 5.49. The van der Waals surface area contributed by atoms with Gasteiger partial charge in [-0.1, -0.05) is 27.5 Å². The molecule has 1 rings (SSSR count). The van der Waals surface area contributed by atoms with Gasteiger partial charge in [0.15, 0.2) is 5.78 Å². The predicted octanol–water partition coefficient (Wildman–Crippen LogP) is 4.03. The van der Waals surface area contributed by atoms with Crippen LogP contribution in [-0.2, 0) is 0 Å². The third-order valence-corrected chi connectivity index (χ3v) is 3.26. The summed E-state index contributed by atoms with van der Waals surface area (Å²) in [7, 11) is 0. The van der Waals surface area contributed by atoms with E-state index in [4.69, 9.17) is 11.6 Å². The van der Waals surface area contributed by atoms with E-state index < -0.39 is 0 Å². The fraction of sp³-hybridized carbons (Fsp3) is 0.300. The third-order valence-electron chi connectivity index (χ3n) is 1.80. The lowest BCUT2D eigenvalue weighted by Gasteiger charge is -2.06. The number of ketones is 1. The monoisotopic (exact) mass is 292 g/mol. The highest BCUT2D eigenvalue weighted by Crippen LogP contribution is 2.25. The van der Waals surface area contributed by atoms with Crippen molar-refractivity contribution in [2.75, 3.05) is 6.26 Å². The van der Waals surface area contributed by atoms with E-state index in [1.54, 1.807) is 24.8 Å². The van der Waals surface area contributed by atoms with Gasteiger partial charge >= 0.3 is 0 Å². The number of hydrogen-bond acceptors (Lipinski definition) is 2. The van der Waals surface area contributed by atoms with Gasteiger partial charge in [-0.25, -0.2) is 0 Å². The van der Waals surface area contributed by atoms with Crippen LogP contribution in [-0.4, -0.2) is 16.9 Å². The van der Waals surface area contributed by atoms with Crippen LogP contribution < -0.4 is 0 Å². The summed E-state index contributed by atoms with van der Waals surface area (Å²) in [5, 5.41) is 0.521. The first-order valence-electron chi connectivity index (χ1n) is 4.08. The summed E-state index contributed by atoms with van der Waals surface area (Å²) in [5.41, 5.74) is 0.578. The normalized spacial score (nSPS) is 12.6. The van der Waals surface area contributed by atoms with Gasteiger partial charge in [0, 0.05) is 10.5 Å². The highest BCUT2D eigenvalue weighted by molar-refractivity contribution is 9.10. The number of carbonyl (C=O) groups excluding carboxylic acids is 1. The van der Waals surface area contributed by atoms with Crippen LogP contribution in [0.2, 0.25) is 5.02 Å². The topological polar surface area (TPSA) is 17.1 Å². The van der Waals surface area contributed by atoms with Gasteiger partial charge in [0.25, 0.3) is 0 Å². The Morgan fingerprint density at radius 3 is 2.64 bits per heavy atom. The van der Waals surface area contributed by atoms with Gasteiger partial charge in [-0.05, 0) is 31.4 Å². The summed E-state index contributed by atoms with van der Waals surface area (Å²) in [4.78, 5) is 12.5. The molecular formula is C10H10BrClOS. The Hall–Kier alpha value is 0.01000. The second-order valence-electron chi connectivity index (χ2n) is 2.83. The SMILES string of the molecule is CSc1ccc(C(=O)C(C)Br)c(Cl)c1. The van der Waals surface area contributed by atoms with Gasteiger partial charge in [0.2, 0.25) is 0 Å². The van der Waals surface area contributed by atoms with Crippen LogP contribution in [0.15, 0.2) is 23.1 Å². The van der Waals surface area contributed by atoms with E-state index >= 15 is 0 Å². The smallest absolute Gasteiger partial charge is 0.177 e. The molecule has 1 nitrogen and oxygen atoms in total. The number of halogens is 2. The van der Waals surface area contributed by atoms with Crippen LogP contribution >= 0.6 is 39.3 Å². The molecule has 0 saturated heterocycles. The molecule has 0 radical (unpaired) electrons. The molecule has 0 fully saturated rings. The molecule has 1 atom stereocenters. The minimum atomic E-state index is -0.194. The molecule has 1 unspecified atom stereocenters. The lowest BCUT2D eigenvalue weighted by atomic mass is 10.1. The predicted molar refractivity (Wildman–Crippen MR) is 66.0 cm³/mol. The van der Waals surface area contributed by atoms with Crippen LogP contribution in [0.5, 0.6) is 0 Å². The summed E-state index contributed by atoms with van der Waals surface area (Å²) in [5.74, 6) is 0.0163. The maximum Gasteiger partial charge on any atom is 0.177 e. The van der Waals surface area contributed by atoms with Crippen molar-refractivity contribution >= 4 is 45.1 Å². The zero-order valence-electron chi connectivity index (χ0n) is 7.88. The molecular weight excluding hydrogens is 284 g/mol. The summed E-state index contributed by atoms with van der Waals surface area (Å²) in [6, 6.07) is 5.49. The standard InChI is InChI=1S/C10H10BrClOS/c1-6(11)10(13)8-4-3-7(14-2)5-9(8)12/h3-6H,1-2H3. The molecule has 0 aliphatic carbocycles.